The van der Waals surface area contributed by atoms with Gasteiger partial charge in [0, 0.05) is 11.1 Å². The molecule has 0 bridgehead atoms. The molecule has 2 nitrogen and oxygen atoms in total. The second kappa shape index (κ2) is 8.81. The number of ether oxygens (including phenoxy) is 1. The summed E-state index contributed by atoms with van der Waals surface area (Å²) in [5, 5.41) is 3.46. The van der Waals surface area contributed by atoms with Crippen molar-refractivity contribution in [1.82, 2.24) is 5.32 Å². The third-order valence-electron chi connectivity index (χ3n) is 3.21. The summed E-state index contributed by atoms with van der Waals surface area (Å²) < 4.78 is 7.07. The van der Waals surface area contributed by atoms with Crippen molar-refractivity contribution in [2.75, 3.05) is 19.7 Å². The van der Waals surface area contributed by atoms with Crippen LogP contribution in [-0.4, -0.2) is 25.3 Å². The largest absolute Gasteiger partial charge is 0.376 e. The SMILES string of the molecule is CCNCC(CCOC(C)(C)C)Cc1ccccc1Br. The maximum absolute atomic E-state index is 5.87. The molecule has 20 heavy (non-hydrogen) atoms. The van der Waals surface area contributed by atoms with E-state index in [1.807, 2.05) is 0 Å². The molecule has 0 heterocycles. The molecular weight excluding hydrogens is 314 g/mol. The molecule has 1 atom stereocenters. The second-order valence-corrected chi connectivity index (χ2v) is 7.07. The van der Waals surface area contributed by atoms with Crippen molar-refractivity contribution in [1.29, 1.82) is 0 Å². The predicted molar refractivity (Wildman–Crippen MR) is 90.2 cm³/mol. The van der Waals surface area contributed by atoms with Gasteiger partial charge in [0.25, 0.3) is 0 Å². The standard InChI is InChI=1S/C17H28BrNO/c1-5-19-13-14(10-11-20-17(2,3)4)12-15-8-6-7-9-16(15)18/h6-9,14,19H,5,10-13H2,1-4H3. The molecule has 0 amide bonds. The highest BCUT2D eigenvalue weighted by atomic mass is 79.9. The van der Waals surface area contributed by atoms with Crippen molar-refractivity contribution >= 4 is 15.9 Å². The minimum atomic E-state index is -0.0456. The zero-order valence-corrected chi connectivity index (χ0v) is 14.8. The van der Waals surface area contributed by atoms with Gasteiger partial charge in [-0.1, -0.05) is 41.1 Å². The van der Waals surface area contributed by atoms with Crippen molar-refractivity contribution < 1.29 is 4.74 Å². The molecule has 0 aromatic heterocycles. The number of hydrogen-bond acceptors (Lipinski definition) is 2. The molecule has 114 valence electrons. The quantitative estimate of drug-likeness (QED) is 0.755. The van der Waals surface area contributed by atoms with Gasteiger partial charge < -0.3 is 10.1 Å². The lowest BCUT2D eigenvalue weighted by atomic mass is 9.96. The maximum Gasteiger partial charge on any atom is 0.0598 e. The molecule has 1 unspecified atom stereocenters. The first kappa shape index (κ1) is 17.7. The van der Waals surface area contributed by atoms with Gasteiger partial charge in [-0.2, -0.15) is 0 Å². The molecule has 1 rings (SSSR count). The van der Waals surface area contributed by atoms with E-state index in [0.717, 1.165) is 32.5 Å². The normalized spacial score (nSPS) is 13.4. The number of rotatable bonds is 8. The molecule has 1 N–H and O–H groups in total. The lowest BCUT2D eigenvalue weighted by molar-refractivity contribution is -0.00918. The summed E-state index contributed by atoms with van der Waals surface area (Å²) in [4.78, 5) is 0. The fraction of sp³-hybridized carbons (Fsp3) is 0.647. The van der Waals surface area contributed by atoms with E-state index in [0.29, 0.717) is 5.92 Å². The molecule has 3 heteroatoms. The molecule has 0 aliphatic rings. The van der Waals surface area contributed by atoms with E-state index in [9.17, 15) is 0 Å². The van der Waals surface area contributed by atoms with Crippen molar-refractivity contribution in [3.05, 3.63) is 34.3 Å². The van der Waals surface area contributed by atoms with E-state index in [2.05, 4.69) is 73.2 Å². The average molecular weight is 342 g/mol. The van der Waals surface area contributed by atoms with Crippen molar-refractivity contribution in [2.24, 2.45) is 5.92 Å². The zero-order valence-electron chi connectivity index (χ0n) is 13.2. The van der Waals surface area contributed by atoms with Crippen LogP contribution in [0.1, 0.15) is 39.7 Å². The fourth-order valence-electron chi connectivity index (χ4n) is 2.13. The maximum atomic E-state index is 5.87. The Morgan fingerprint density at radius 3 is 2.55 bits per heavy atom. The second-order valence-electron chi connectivity index (χ2n) is 6.22. The molecule has 0 aliphatic heterocycles. The van der Waals surface area contributed by atoms with Crippen LogP contribution in [0.3, 0.4) is 0 Å². The monoisotopic (exact) mass is 341 g/mol. The molecule has 1 aromatic rings. The number of halogens is 1. The Bertz CT molecular complexity index is 387. The molecule has 0 saturated carbocycles. The van der Waals surface area contributed by atoms with Crippen LogP contribution >= 0.6 is 15.9 Å². The summed E-state index contributed by atoms with van der Waals surface area (Å²) in [6.45, 7) is 11.4. The highest BCUT2D eigenvalue weighted by molar-refractivity contribution is 9.10. The van der Waals surface area contributed by atoms with E-state index in [1.165, 1.54) is 10.0 Å². The molecule has 0 radical (unpaired) electrons. The third kappa shape index (κ3) is 7.41. The van der Waals surface area contributed by atoms with Crippen LogP contribution in [0.4, 0.5) is 0 Å². The van der Waals surface area contributed by atoms with Crippen LogP contribution in [0.15, 0.2) is 28.7 Å². The topological polar surface area (TPSA) is 21.3 Å². The molecule has 1 aromatic carbocycles. The van der Waals surface area contributed by atoms with Crippen molar-refractivity contribution in [2.45, 2.75) is 46.1 Å². The van der Waals surface area contributed by atoms with Gasteiger partial charge in [-0.05, 0) is 64.3 Å². The predicted octanol–water partition coefficient (Wildman–Crippen LogP) is 4.42. The van der Waals surface area contributed by atoms with E-state index in [1.54, 1.807) is 0 Å². The summed E-state index contributed by atoms with van der Waals surface area (Å²) in [6, 6.07) is 8.49. The molecule has 0 fully saturated rings. The van der Waals surface area contributed by atoms with Crippen LogP contribution in [-0.2, 0) is 11.2 Å². The number of nitrogens with one attached hydrogen (secondary N) is 1. The van der Waals surface area contributed by atoms with Crippen molar-refractivity contribution in [3.8, 4) is 0 Å². The Morgan fingerprint density at radius 1 is 1.25 bits per heavy atom. The summed E-state index contributed by atoms with van der Waals surface area (Å²) in [7, 11) is 0. The van der Waals surface area contributed by atoms with Crippen LogP contribution < -0.4 is 5.32 Å². The lowest BCUT2D eigenvalue weighted by Gasteiger charge is -2.23. The number of hydrogen-bond donors (Lipinski definition) is 1. The van der Waals surface area contributed by atoms with Gasteiger partial charge in [-0.25, -0.2) is 0 Å². The Balaban J connectivity index is 2.53. The summed E-state index contributed by atoms with van der Waals surface area (Å²) in [5.74, 6) is 0.607. The van der Waals surface area contributed by atoms with E-state index in [-0.39, 0.29) is 5.60 Å². The Labute approximate surface area is 132 Å². The molecular formula is C17H28BrNO. The van der Waals surface area contributed by atoms with Crippen LogP contribution in [0.2, 0.25) is 0 Å². The molecule has 0 aliphatic carbocycles. The van der Waals surface area contributed by atoms with Gasteiger partial charge in [0.05, 0.1) is 5.60 Å². The Morgan fingerprint density at radius 2 is 1.95 bits per heavy atom. The van der Waals surface area contributed by atoms with Gasteiger partial charge in [0.2, 0.25) is 0 Å². The Kier molecular flexibility index (Phi) is 7.78. The van der Waals surface area contributed by atoms with Crippen LogP contribution in [0.5, 0.6) is 0 Å². The van der Waals surface area contributed by atoms with Gasteiger partial charge in [0.15, 0.2) is 0 Å². The molecule has 0 saturated heterocycles. The summed E-state index contributed by atoms with van der Waals surface area (Å²) >= 11 is 3.64. The first-order valence-corrected chi connectivity index (χ1v) is 8.29. The minimum absolute atomic E-state index is 0.0456. The van der Waals surface area contributed by atoms with E-state index in [4.69, 9.17) is 4.74 Å². The first-order chi connectivity index (χ1) is 9.42. The van der Waals surface area contributed by atoms with E-state index < -0.39 is 0 Å². The van der Waals surface area contributed by atoms with Gasteiger partial charge >= 0.3 is 0 Å². The van der Waals surface area contributed by atoms with Gasteiger partial charge in [-0.3, -0.25) is 0 Å². The number of benzene rings is 1. The first-order valence-electron chi connectivity index (χ1n) is 7.50. The average Bonchev–Trinajstić information content (AvgIpc) is 2.36. The third-order valence-corrected chi connectivity index (χ3v) is 3.98. The summed E-state index contributed by atoms with van der Waals surface area (Å²) in [5.41, 5.74) is 1.34. The smallest absolute Gasteiger partial charge is 0.0598 e. The van der Waals surface area contributed by atoms with Crippen LogP contribution in [0, 0.1) is 5.92 Å². The highest BCUT2D eigenvalue weighted by Crippen LogP contribution is 2.21. The van der Waals surface area contributed by atoms with Gasteiger partial charge in [-0.15, -0.1) is 0 Å². The van der Waals surface area contributed by atoms with E-state index >= 15 is 0 Å². The molecule has 0 spiro atoms. The highest BCUT2D eigenvalue weighted by Gasteiger charge is 2.14. The van der Waals surface area contributed by atoms with Gasteiger partial charge in [0.1, 0.15) is 0 Å². The Hall–Kier alpha value is -0.380. The van der Waals surface area contributed by atoms with Crippen molar-refractivity contribution in [3.63, 3.8) is 0 Å². The fourth-order valence-corrected chi connectivity index (χ4v) is 2.58. The van der Waals surface area contributed by atoms with Crippen LogP contribution in [0.25, 0.3) is 0 Å². The minimum Gasteiger partial charge on any atom is -0.376 e. The zero-order chi connectivity index (χ0) is 15.0. The lowest BCUT2D eigenvalue weighted by Crippen LogP contribution is -2.27. The summed E-state index contributed by atoms with van der Waals surface area (Å²) in [6.07, 6.45) is 2.17.